The maximum Gasteiger partial charge on any atom is 0.120 e. The van der Waals surface area contributed by atoms with Gasteiger partial charge in [0.25, 0.3) is 0 Å². The molecule has 0 amide bonds. The number of alkyl halides is 1. The summed E-state index contributed by atoms with van der Waals surface area (Å²) in [5, 5.41) is 0. The van der Waals surface area contributed by atoms with Crippen LogP contribution in [-0.2, 0) is 4.79 Å². The molecule has 0 fully saturated rings. The second kappa shape index (κ2) is 15.8. The molecule has 50 valence electrons. The highest BCUT2D eigenvalue weighted by Gasteiger charge is 1.76. The zero-order valence-electron chi connectivity index (χ0n) is 5.48. The Morgan fingerprint density at radius 1 is 1.50 bits per heavy atom. The highest BCUT2D eigenvalue weighted by atomic mass is 35.5. The van der Waals surface area contributed by atoms with Gasteiger partial charge >= 0.3 is 0 Å². The van der Waals surface area contributed by atoms with E-state index < -0.39 is 0 Å². The highest BCUT2D eigenvalue weighted by Crippen LogP contribution is 1.85. The summed E-state index contributed by atoms with van der Waals surface area (Å²) in [6, 6.07) is 0. The first-order chi connectivity index (χ1) is 3.91. The van der Waals surface area contributed by atoms with Crippen molar-refractivity contribution in [2.75, 3.05) is 5.88 Å². The highest BCUT2D eigenvalue weighted by molar-refractivity contribution is 6.17. The van der Waals surface area contributed by atoms with Crippen LogP contribution in [0.5, 0.6) is 0 Å². The van der Waals surface area contributed by atoms with Crippen molar-refractivity contribution in [2.24, 2.45) is 0 Å². The van der Waals surface area contributed by atoms with Crippen molar-refractivity contribution in [1.82, 2.24) is 0 Å². The molecule has 1 nitrogen and oxygen atoms in total. The van der Waals surface area contributed by atoms with E-state index in [-0.39, 0.29) is 0 Å². The van der Waals surface area contributed by atoms with Crippen LogP contribution in [0, 0.1) is 0 Å². The van der Waals surface area contributed by atoms with Gasteiger partial charge in [0.15, 0.2) is 0 Å². The number of aldehydes is 1. The molecule has 0 bridgehead atoms. The van der Waals surface area contributed by atoms with Crippen LogP contribution < -0.4 is 0 Å². The van der Waals surface area contributed by atoms with Crippen LogP contribution in [0.15, 0.2) is 0 Å². The molecule has 0 saturated carbocycles. The first kappa shape index (κ1) is 10.9. The van der Waals surface area contributed by atoms with E-state index in [0.29, 0.717) is 12.3 Å². The van der Waals surface area contributed by atoms with Crippen molar-refractivity contribution in [2.45, 2.75) is 26.7 Å². The van der Waals surface area contributed by atoms with Crippen molar-refractivity contribution in [1.29, 1.82) is 0 Å². The van der Waals surface area contributed by atoms with Crippen molar-refractivity contribution in [3.63, 3.8) is 0 Å². The Morgan fingerprint density at radius 2 is 2.00 bits per heavy atom. The first-order valence-corrected chi connectivity index (χ1v) is 3.45. The van der Waals surface area contributed by atoms with Crippen molar-refractivity contribution in [3.8, 4) is 0 Å². The SMILES string of the molecule is CC.O=CCCCCl. The van der Waals surface area contributed by atoms with Crippen molar-refractivity contribution >= 4 is 17.9 Å². The summed E-state index contributed by atoms with van der Waals surface area (Å²) in [6.45, 7) is 4.00. The zero-order valence-corrected chi connectivity index (χ0v) is 6.24. The van der Waals surface area contributed by atoms with Gasteiger partial charge in [-0.25, -0.2) is 0 Å². The molecule has 0 aromatic rings. The first-order valence-electron chi connectivity index (χ1n) is 2.91. The molecule has 2 heteroatoms. The van der Waals surface area contributed by atoms with Crippen molar-refractivity contribution < 1.29 is 4.79 Å². The third-order valence-electron chi connectivity index (χ3n) is 0.456. The van der Waals surface area contributed by atoms with Gasteiger partial charge < -0.3 is 4.79 Å². The molecule has 0 atom stereocenters. The molecular formula is C6H13ClO. The third kappa shape index (κ3) is 16.7. The summed E-state index contributed by atoms with van der Waals surface area (Å²) in [5.41, 5.74) is 0. The summed E-state index contributed by atoms with van der Waals surface area (Å²) < 4.78 is 0. The van der Waals surface area contributed by atoms with E-state index in [1.807, 2.05) is 13.8 Å². The molecule has 0 spiro atoms. The van der Waals surface area contributed by atoms with Crippen LogP contribution in [-0.4, -0.2) is 12.2 Å². The van der Waals surface area contributed by atoms with E-state index in [2.05, 4.69) is 0 Å². The molecule has 0 heterocycles. The van der Waals surface area contributed by atoms with Crippen LogP contribution >= 0.6 is 11.6 Å². The maximum atomic E-state index is 9.51. The summed E-state index contributed by atoms with van der Waals surface area (Å²) in [6.07, 6.45) is 2.29. The molecule has 8 heavy (non-hydrogen) atoms. The summed E-state index contributed by atoms with van der Waals surface area (Å²) in [5.74, 6) is 0.596. The van der Waals surface area contributed by atoms with Crippen LogP contribution in [0.4, 0.5) is 0 Å². The van der Waals surface area contributed by atoms with E-state index in [9.17, 15) is 4.79 Å². The standard InChI is InChI=1S/C4H7ClO.C2H6/c5-3-1-2-4-6;1-2/h4H,1-3H2;1-2H3. The lowest BCUT2D eigenvalue weighted by atomic mass is 10.4. The lowest BCUT2D eigenvalue weighted by Crippen LogP contribution is -1.74. The second-order valence-electron chi connectivity index (χ2n) is 0.998. The minimum absolute atomic E-state index is 0.596. The fourth-order valence-electron chi connectivity index (χ4n) is 0.160. The van der Waals surface area contributed by atoms with E-state index in [1.165, 1.54) is 0 Å². The largest absolute Gasteiger partial charge is 0.303 e. The average Bonchev–Trinajstić information content (AvgIpc) is 1.88. The van der Waals surface area contributed by atoms with E-state index in [0.717, 1.165) is 12.7 Å². The fraction of sp³-hybridized carbons (Fsp3) is 0.833. The van der Waals surface area contributed by atoms with Gasteiger partial charge in [-0.2, -0.15) is 0 Å². The van der Waals surface area contributed by atoms with Crippen LogP contribution in [0.1, 0.15) is 26.7 Å². The fourth-order valence-corrected chi connectivity index (χ4v) is 0.315. The number of hydrogen-bond acceptors (Lipinski definition) is 1. The predicted octanol–water partition coefficient (Wildman–Crippen LogP) is 2.23. The minimum atomic E-state index is 0.596. The second-order valence-corrected chi connectivity index (χ2v) is 1.38. The summed E-state index contributed by atoms with van der Waals surface area (Å²) >= 11 is 5.22. The molecule has 0 unspecified atom stereocenters. The Bertz CT molecular complexity index is 37.5. The van der Waals surface area contributed by atoms with Gasteiger partial charge in [-0.1, -0.05) is 13.8 Å². The van der Waals surface area contributed by atoms with E-state index in [4.69, 9.17) is 11.6 Å². The summed E-state index contributed by atoms with van der Waals surface area (Å²) in [7, 11) is 0. The molecule has 0 aromatic carbocycles. The van der Waals surface area contributed by atoms with Gasteiger partial charge in [0.1, 0.15) is 6.29 Å². The quantitative estimate of drug-likeness (QED) is 0.330. The molecule has 0 aliphatic heterocycles. The Labute approximate surface area is 56.0 Å². The molecule has 0 rings (SSSR count). The molecule has 0 saturated heterocycles. The summed E-state index contributed by atoms with van der Waals surface area (Å²) in [4.78, 5) is 9.51. The van der Waals surface area contributed by atoms with Gasteiger partial charge in [0.05, 0.1) is 0 Å². The Hall–Kier alpha value is -0.0400. The van der Waals surface area contributed by atoms with E-state index >= 15 is 0 Å². The molecule has 0 N–H and O–H groups in total. The van der Waals surface area contributed by atoms with Gasteiger partial charge in [0, 0.05) is 12.3 Å². The number of carbonyl (C=O) groups is 1. The monoisotopic (exact) mass is 136 g/mol. The van der Waals surface area contributed by atoms with Gasteiger partial charge in [-0.15, -0.1) is 11.6 Å². The number of hydrogen-bond donors (Lipinski definition) is 0. The van der Waals surface area contributed by atoms with Crippen molar-refractivity contribution in [3.05, 3.63) is 0 Å². The lowest BCUT2D eigenvalue weighted by molar-refractivity contribution is -0.107. The normalized spacial score (nSPS) is 6.88. The topological polar surface area (TPSA) is 17.1 Å². The van der Waals surface area contributed by atoms with Gasteiger partial charge in [-0.05, 0) is 6.42 Å². The number of halogens is 1. The number of rotatable bonds is 3. The predicted molar refractivity (Wildman–Crippen MR) is 37.4 cm³/mol. The van der Waals surface area contributed by atoms with Gasteiger partial charge in [-0.3, -0.25) is 0 Å². The van der Waals surface area contributed by atoms with Crippen LogP contribution in [0.3, 0.4) is 0 Å². The number of carbonyl (C=O) groups excluding carboxylic acids is 1. The molecule has 0 aromatic heterocycles. The Kier molecular flexibility index (Phi) is 21.4. The number of unbranched alkanes of at least 4 members (excludes halogenated alkanes) is 1. The molecule has 0 aliphatic rings. The smallest absolute Gasteiger partial charge is 0.120 e. The average molecular weight is 137 g/mol. The lowest BCUT2D eigenvalue weighted by Gasteiger charge is -1.77. The maximum absolute atomic E-state index is 9.51. The molecular weight excluding hydrogens is 124 g/mol. The van der Waals surface area contributed by atoms with Crippen LogP contribution in [0.25, 0.3) is 0 Å². The Morgan fingerprint density at radius 3 is 2.12 bits per heavy atom. The minimum Gasteiger partial charge on any atom is -0.303 e. The zero-order chi connectivity index (χ0) is 6.83. The Balaban J connectivity index is 0. The van der Waals surface area contributed by atoms with E-state index in [1.54, 1.807) is 0 Å². The van der Waals surface area contributed by atoms with Crippen LogP contribution in [0.2, 0.25) is 0 Å². The van der Waals surface area contributed by atoms with Gasteiger partial charge in [0.2, 0.25) is 0 Å². The third-order valence-corrected chi connectivity index (χ3v) is 0.723. The molecule has 0 radical (unpaired) electrons. The molecule has 0 aliphatic carbocycles.